The number of nitrogens with zero attached hydrogens (tertiary/aromatic N) is 2. The first kappa shape index (κ1) is 13.7. The summed E-state index contributed by atoms with van der Waals surface area (Å²) in [4.78, 5) is 17.3. The average molecular weight is 295 g/mol. The molecule has 0 radical (unpaired) electrons. The Hall–Kier alpha value is -1.29. The van der Waals surface area contributed by atoms with Gasteiger partial charge in [0.15, 0.2) is 5.69 Å². The van der Waals surface area contributed by atoms with Gasteiger partial charge in [-0.2, -0.15) is 0 Å². The summed E-state index contributed by atoms with van der Waals surface area (Å²) in [6.45, 7) is 0.953. The molecule has 2 bridgehead atoms. The summed E-state index contributed by atoms with van der Waals surface area (Å²) in [6, 6.07) is 3.41. The number of aromatic carboxylic acids is 1. The van der Waals surface area contributed by atoms with Crippen molar-refractivity contribution in [2.45, 2.75) is 25.7 Å². The smallest absolute Gasteiger partial charge is 0.356 e. The van der Waals surface area contributed by atoms with Gasteiger partial charge in [0.25, 0.3) is 0 Å². The molecule has 0 saturated heterocycles. The Morgan fingerprint density at radius 2 is 2.25 bits per heavy atom. The summed E-state index contributed by atoms with van der Waals surface area (Å²) in [7, 11) is 1.98. The van der Waals surface area contributed by atoms with Crippen LogP contribution in [0.25, 0.3) is 0 Å². The number of carbonyl (C=O) groups is 1. The molecule has 0 aliphatic heterocycles. The van der Waals surface area contributed by atoms with Crippen LogP contribution in [0.5, 0.6) is 0 Å². The van der Waals surface area contributed by atoms with Crippen LogP contribution in [0.4, 0.5) is 5.82 Å². The molecular weight excluding hydrogens is 276 g/mol. The molecule has 5 heteroatoms. The minimum Gasteiger partial charge on any atom is -0.476 e. The van der Waals surface area contributed by atoms with Crippen LogP contribution in [0.15, 0.2) is 12.1 Å². The third kappa shape index (κ3) is 2.49. The van der Waals surface area contributed by atoms with E-state index in [0.29, 0.717) is 5.82 Å². The number of carboxylic acids is 1. The average Bonchev–Trinajstić information content (AvgIpc) is 3.01. The second-order valence-corrected chi connectivity index (χ2v) is 6.53. The highest BCUT2D eigenvalue weighted by atomic mass is 35.5. The maximum atomic E-state index is 11.1. The minimum atomic E-state index is -1.08. The minimum absolute atomic E-state index is 0.0658. The lowest BCUT2D eigenvalue weighted by Crippen LogP contribution is -2.29. The number of halogens is 1. The van der Waals surface area contributed by atoms with Crippen LogP contribution in [0, 0.1) is 17.8 Å². The van der Waals surface area contributed by atoms with Crippen LogP contribution in [-0.2, 0) is 0 Å². The van der Waals surface area contributed by atoms with Crippen molar-refractivity contribution < 1.29 is 9.90 Å². The van der Waals surface area contributed by atoms with E-state index >= 15 is 0 Å². The summed E-state index contributed by atoms with van der Waals surface area (Å²) < 4.78 is 0. The monoisotopic (exact) mass is 294 g/mol. The van der Waals surface area contributed by atoms with Gasteiger partial charge in [-0.05, 0) is 49.1 Å². The molecule has 3 rings (SSSR count). The SMILES string of the molecule is CN(CC1CC2CCC1C2)c1ccc(Cl)c(C(=O)O)n1. The lowest BCUT2D eigenvalue weighted by atomic mass is 9.88. The molecule has 2 aliphatic rings. The Labute approximate surface area is 123 Å². The maximum absolute atomic E-state index is 11.1. The van der Waals surface area contributed by atoms with Crippen molar-refractivity contribution in [2.75, 3.05) is 18.5 Å². The molecule has 3 unspecified atom stereocenters. The van der Waals surface area contributed by atoms with Gasteiger partial charge in [-0.15, -0.1) is 0 Å². The lowest BCUT2D eigenvalue weighted by molar-refractivity contribution is 0.0691. The van der Waals surface area contributed by atoms with Crippen LogP contribution in [0.2, 0.25) is 5.02 Å². The highest BCUT2D eigenvalue weighted by Crippen LogP contribution is 2.48. The molecule has 3 atom stereocenters. The number of hydrogen-bond acceptors (Lipinski definition) is 3. The second kappa shape index (κ2) is 5.24. The fourth-order valence-corrected chi connectivity index (χ4v) is 4.03. The Morgan fingerprint density at radius 3 is 2.85 bits per heavy atom. The van der Waals surface area contributed by atoms with Crippen molar-refractivity contribution in [3.63, 3.8) is 0 Å². The maximum Gasteiger partial charge on any atom is 0.356 e. The van der Waals surface area contributed by atoms with Gasteiger partial charge in [0.1, 0.15) is 5.82 Å². The first-order chi connectivity index (χ1) is 9.54. The highest BCUT2D eigenvalue weighted by Gasteiger charge is 2.39. The van der Waals surface area contributed by atoms with Crippen LogP contribution >= 0.6 is 11.6 Å². The van der Waals surface area contributed by atoms with Crippen molar-refractivity contribution in [3.8, 4) is 0 Å². The predicted molar refractivity (Wildman–Crippen MR) is 78.4 cm³/mol. The predicted octanol–water partition coefficient (Wildman–Crippen LogP) is 3.31. The molecule has 1 N–H and O–H groups in total. The number of hydrogen-bond donors (Lipinski definition) is 1. The zero-order valence-electron chi connectivity index (χ0n) is 11.6. The molecule has 4 nitrogen and oxygen atoms in total. The lowest BCUT2D eigenvalue weighted by Gasteiger charge is -2.28. The van der Waals surface area contributed by atoms with E-state index < -0.39 is 5.97 Å². The van der Waals surface area contributed by atoms with Crippen LogP contribution in [0.1, 0.15) is 36.2 Å². The molecule has 1 aromatic rings. The van der Waals surface area contributed by atoms with E-state index in [2.05, 4.69) is 9.88 Å². The van der Waals surface area contributed by atoms with E-state index in [9.17, 15) is 4.79 Å². The van der Waals surface area contributed by atoms with Crippen LogP contribution in [-0.4, -0.2) is 29.7 Å². The molecular formula is C15H19ClN2O2. The van der Waals surface area contributed by atoms with Crippen LogP contribution in [0.3, 0.4) is 0 Å². The van der Waals surface area contributed by atoms with Crippen LogP contribution < -0.4 is 4.90 Å². The number of fused-ring (bicyclic) bond motifs is 2. The van der Waals surface area contributed by atoms with Crippen molar-refractivity contribution in [2.24, 2.45) is 17.8 Å². The van der Waals surface area contributed by atoms with Gasteiger partial charge in [-0.3, -0.25) is 0 Å². The van der Waals surface area contributed by atoms with Crippen molar-refractivity contribution in [1.29, 1.82) is 0 Å². The van der Waals surface area contributed by atoms with E-state index in [-0.39, 0.29) is 10.7 Å². The number of rotatable bonds is 4. The molecule has 1 aromatic heterocycles. The molecule has 2 saturated carbocycles. The molecule has 108 valence electrons. The Kier molecular flexibility index (Phi) is 3.59. The fraction of sp³-hybridized carbons (Fsp3) is 0.600. The zero-order valence-corrected chi connectivity index (χ0v) is 12.3. The van der Waals surface area contributed by atoms with Gasteiger partial charge in [-0.1, -0.05) is 18.0 Å². The van der Waals surface area contributed by atoms with E-state index in [0.717, 1.165) is 24.3 Å². The summed E-state index contributed by atoms with van der Waals surface area (Å²) in [5, 5.41) is 9.27. The van der Waals surface area contributed by atoms with E-state index in [4.69, 9.17) is 16.7 Å². The topological polar surface area (TPSA) is 53.4 Å². The summed E-state index contributed by atoms with van der Waals surface area (Å²) in [5.74, 6) is 2.11. The largest absolute Gasteiger partial charge is 0.476 e. The standard InChI is InChI=1S/C15H19ClN2O2/c1-18(8-11-7-9-2-3-10(11)6-9)13-5-4-12(16)14(17-13)15(19)20/h4-5,9-11H,2-3,6-8H2,1H3,(H,19,20). The number of pyridine rings is 1. The van der Waals surface area contributed by atoms with Gasteiger partial charge in [-0.25, -0.2) is 9.78 Å². The molecule has 0 spiro atoms. The Balaban J connectivity index is 1.72. The van der Waals surface area contributed by atoms with Crippen molar-refractivity contribution >= 4 is 23.4 Å². The molecule has 2 fully saturated rings. The third-order valence-electron chi connectivity index (χ3n) is 4.82. The molecule has 0 amide bonds. The first-order valence-corrected chi connectivity index (χ1v) is 7.53. The van der Waals surface area contributed by atoms with E-state index in [1.54, 1.807) is 12.1 Å². The normalized spacial score (nSPS) is 27.8. The summed E-state index contributed by atoms with van der Waals surface area (Å²) in [5.41, 5.74) is -0.0658. The van der Waals surface area contributed by atoms with E-state index in [1.165, 1.54) is 25.7 Å². The summed E-state index contributed by atoms with van der Waals surface area (Å²) in [6.07, 6.45) is 5.45. The van der Waals surface area contributed by atoms with Gasteiger partial charge in [0, 0.05) is 13.6 Å². The fourth-order valence-electron chi connectivity index (χ4n) is 3.84. The third-order valence-corrected chi connectivity index (χ3v) is 5.12. The van der Waals surface area contributed by atoms with Gasteiger partial charge >= 0.3 is 5.97 Å². The molecule has 0 aromatic carbocycles. The number of aromatic nitrogens is 1. The van der Waals surface area contributed by atoms with E-state index in [1.807, 2.05) is 7.05 Å². The quantitative estimate of drug-likeness (QED) is 0.925. The van der Waals surface area contributed by atoms with Gasteiger partial charge in [0.05, 0.1) is 5.02 Å². The highest BCUT2D eigenvalue weighted by molar-refractivity contribution is 6.33. The van der Waals surface area contributed by atoms with Gasteiger partial charge < -0.3 is 10.0 Å². The number of anilines is 1. The molecule has 2 aliphatic carbocycles. The first-order valence-electron chi connectivity index (χ1n) is 7.15. The molecule has 20 heavy (non-hydrogen) atoms. The Morgan fingerprint density at radius 1 is 1.45 bits per heavy atom. The zero-order chi connectivity index (χ0) is 14.3. The summed E-state index contributed by atoms with van der Waals surface area (Å²) >= 11 is 5.86. The van der Waals surface area contributed by atoms with Crippen molar-refractivity contribution in [3.05, 3.63) is 22.8 Å². The Bertz CT molecular complexity index is 535. The number of carboxylic acid groups (broad SMARTS) is 1. The molecule has 1 heterocycles. The van der Waals surface area contributed by atoms with Gasteiger partial charge in [0.2, 0.25) is 0 Å². The second-order valence-electron chi connectivity index (χ2n) is 6.12. The van der Waals surface area contributed by atoms with Crippen molar-refractivity contribution in [1.82, 2.24) is 4.98 Å².